The van der Waals surface area contributed by atoms with Gasteiger partial charge in [-0.1, -0.05) is 49.5 Å². The summed E-state index contributed by atoms with van der Waals surface area (Å²) in [6, 6.07) is 19.5. The van der Waals surface area contributed by atoms with Gasteiger partial charge in [-0.05, 0) is 147 Å². The number of carboxylic acids is 2. The van der Waals surface area contributed by atoms with Crippen LogP contribution in [-0.2, 0) is 36.8 Å². The lowest BCUT2D eigenvalue weighted by molar-refractivity contribution is -0.243. The van der Waals surface area contributed by atoms with E-state index in [-0.39, 0.29) is 103 Å². The molecule has 4 aliphatic carbocycles. The van der Waals surface area contributed by atoms with Gasteiger partial charge in [0.05, 0.1) is 40.8 Å². The van der Waals surface area contributed by atoms with Gasteiger partial charge >= 0.3 is 18.0 Å². The Morgan fingerprint density at radius 2 is 1.67 bits per heavy atom. The smallest absolute Gasteiger partial charge is 0.409 e. The number of likely N-dealkylation sites (N-methyl/N-ethyl adjacent to an activating group) is 1. The number of aliphatic hydroxyl groups is 1. The van der Waals surface area contributed by atoms with E-state index in [0.717, 1.165) is 54.3 Å². The molecule has 4 saturated carbocycles. The predicted octanol–water partition coefficient (Wildman–Crippen LogP) is 9.04. The van der Waals surface area contributed by atoms with E-state index in [1.165, 1.54) is 22.5 Å². The summed E-state index contributed by atoms with van der Waals surface area (Å²) < 4.78 is 31.2. The number of nitrogens with zero attached hydrogens (tertiary/aromatic N) is 4. The topological polar surface area (TPSA) is 337 Å². The van der Waals surface area contributed by atoms with Gasteiger partial charge in [-0.15, -0.1) is 0 Å². The zero-order chi connectivity index (χ0) is 65.5. The van der Waals surface area contributed by atoms with Gasteiger partial charge in [-0.2, -0.15) is 0 Å². The molecule has 2 aromatic heterocycles. The number of para-hydroxylation sites is 1. The maximum Gasteiger partial charge on any atom is 0.409 e. The number of rotatable bonds is 28. The molecule has 0 spiro atoms. The highest BCUT2D eigenvalue weighted by atomic mass is 32.1. The van der Waals surface area contributed by atoms with Crippen LogP contribution in [0.3, 0.4) is 0 Å². The van der Waals surface area contributed by atoms with Crippen LogP contribution in [0.5, 0.6) is 11.5 Å². The number of pyridine rings is 1. The van der Waals surface area contributed by atoms with E-state index in [4.69, 9.17) is 34.1 Å². The molecule has 26 heteroatoms. The summed E-state index contributed by atoms with van der Waals surface area (Å²) in [6.07, 6.45) is 7.49. The fourth-order valence-electron chi connectivity index (χ4n) is 15.1. The quantitative estimate of drug-likeness (QED) is 0.0127. The van der Waals surface area contributed by atoms with Crippen molar-refractivity contribution in [1.29, 1.82) is 5.41 Å². The Bertz CT molecular complexity index is 3600. The van der Waals surface area contributed by atoms with Gasteiger partial charge in [0.15, 0.2) is 25.3 Å². The minimum atomic E-state index is -2.06. The van der Waals surface area contributed by atoms with Crippen LogP contribution in [0, 0.1) is 21.7 Å². The summed E-state index contributed by atoms with van der Waals surface area (Å²) in [7, 11) is 1.33. The van der Waals surface area contributed by atoms with E-state index >= 15 is 0 Å². The first-order valence-corrected chi connectivity index (χ1v) is 33.3. The van der Waals surface area contributed by atoms with Crippen molar-refractivity contribution >= 4 is 94.3 Å². The van der Waals surface area contributed by atoms with Crippen molar-refractivity contribution in [2.75, 3.05) is 81.8 Å². The third-order valence-corrected chi connectivity index (χ3v) is 19.6. The summed E-state index contributed by atoms with van der Waals surface area (Å²) in [5.41, 5.74) is 4.05. The van der Waals surface area contributed by atoms with Crippen LogP contribution >= 0.6 is 19.7 Å². The zero-order valence-corrected chi connectivity index (χ0v) is 54.1. The molecular weight excluding hydrogens is 1220 g/mol. The summed E-state index contributed by atoms with van der Waals surface area (Å²) >= 11 is 1.36. The van der Waals surface area contributed by atoms with Crippen LogP contribution in [0.15, 0.2) is 78.5 Å². The van der Waals surface area contributed by atoms with Gasteiger partial charge in [0.1, 0.15) is 23.9 Å². The standard InChI is InChI=1S/C66H82N9O15PS/c1-40(46(31-67)44-15-18-54(72-57(44)60(81)82)75-22-20-43-47(32-75)45(14-17-50(43)86-25-9-27-91(84)85)58(78)73-61-71-48-11-6-7-12-53(48)92-61)69-39-65-34-63(2)33-64(3,35-65)37-66(36-63,38-65)88-26-23-74(5)62(83)87-24-8-10-41-13-16-51(49(28-41)70-55(77)19-21-68-4)89-56-30-42(76)29-52(90-56)59(79)80/h6-8,10-18,28,31,42,52,56,67-69,76,84-85H,9,19-27,29-30,32-39H2,1-5H3,(H,70,77)(H,79,80)(H,81,82)(H,71,73,78)/b10-8+,46-40+,67-31?. The summed E-state index contributed by atoms with van der Waals surface area (Å²) in [5, 5.41) is 52.1. The predicted molar refractivity (Wildman–Crippen MR) is 350 cm³/mol. The summed E-state index contributed by atoms with van der Waals surface area (Å²) in [5.74, 6) is -1.95. The summed E-state index contributed by atoms with van der Waals surface area (Å²) in [6.45, 7) is 8.92. The molecule has 24 nitrogen and oxygen atoms in total. The van der Waals surface area contributed by atoms with E-state index in [1.807, 2.05) is 36.1 Å². The van der Waals surface area contributed by atoms with Gasteiger partial charge in [0.25, 0.3) is 5.91 Å². The average Bonchev–Trinajstić information content (AvgIpc) is 0.789. The maximum atomic E-state index is 14.1. The number of fused-ring (bicyclic) bond motifs is 2. The van der Waals surface area contributed by atoms with E-state index in [2.05, 4.69) is 40.1 Å². The Balaban J connectivity index is 0.771. The number of ether oxygens (including phenoxy) is 5. The fraction of sp³-hybridized carbons (Fsp3) is 0.485. The minimum absolute atomic E-state index is 0.0122. The van der Waals surface area contributed by atoms with Crippen molar-refractivity contribution in [1.82, 2.24) is 25.5 Å². The van der Waals surface area contributed by atoms with E-state index in [0.29, 0.717) is 82.8 Å². The Morgan fingerprint density at radius 3 is 2.40 bits per heavy atom. The van der Waals surface area contributed by atoms with Crippen LogP contribution in [0.25, 0.3) is 21.9 Å². The van der Waals surface area contributed by atoms with E-state index in [1.54, 1.807) is 68.7 Å². The highest BCUT2D eigenvalue weighted by Crippen LogP contribution is 2.71. The zero-order valence-electron chi connectivity index (χ0n) is 52.4. The monoisotopic (exact) mass is 1300 g/mol. The number of carbonyl (C=O) groups is 5. The number of hydrogen-bond acceptors (Lipinski definition) is 20. The number of carbonyl (C=O) groups excluding carboxylic acids is 3. The first-order valence-electron chi connectivity index (χ1n) is 31.0. The van der Waals surface area contributed by atoms with Crippen LogP contribution < -0.4 is 35.6 Å². The number of aromatic nitrogens is 2. The Hall–Kier alpha value is -7.61. The number of amides is 3. The van der Waals surface area contributed by atoms with Crippen molar-refractivity contribution < 1.29 is 72.8 Å². The summed E-state index contributed by atoms with van der Waals surface area (Å²) in [4.78, 5) is 96.8. The molecule has 4 bridgehead atoms. The molecule has 4 heterocycles. The van der Waals surface area contributed by atoms with Crippen LogP contribution in [0.4, 0.5) is 21.4 Å². The Labute approximate surface area is 539 Å². The first-order chi connectivity index (χ1) is 44.0. The second-order valence-corrected chi connectivity index (χ2v) is 28.0. The largest absolute Gasteiger partial charge is 0.493 e. The number of hydrogen-bond donors (Lipinski definition) is 10. The number of nitrogens with one attached hydrogen (secondary N) is 5. The van der Waals surface area contributed by atoms with Crippen molar-refractivity contribution in [3.05, 3.63) is 112 Å². The Morgan fingerprint density at radius 1 is 0.913 bits per heavy atom. The van der Waals surface area contributed by atoms with Crippen molar-refractivity contribution in [2.45, 2.75) is 122 Å². The lowest BCUT2D eigenvalue weighted by Gasteiger charge is -2.69. The van der Waals surface area contributed by atoms with Crippen LogP contribution in [-0.4, -0.2) is 166 Å². The van der Waals surface area contributed by atoms with Gasteiger partial charge < -0.3 is 80.0 Å². The van der Waals surface area contributed by atoms with Crippen molar-refractivity contribution in [3.8, 4) is 11.5 Å². The van der Waals surface area contributed by atoms with E-state index < -0.39 is 50.5 Å². The highest BCUT2D eigenvalue weighted by molar-refractivity contribution is 7.45. The van der Waals surface area contributed by atoms with Gasteiger partial charge in [-0.25, -0.2) is 24.4 Å². The van der Waals surface area contributed by atoms with Crippen LogP contribution in [0.2, 0.25) is 0 Å². The van der Waals surface area contributed by atoms with Gasteiger partial charge in [0, 0.05) is 99.4 Å². The third-order valence-electron chi connectivity index (χ3n) is 18.0. The number of allylic oxidation sites excluding steroid dienone is 2. The number of carboxylic acid groups (broad SMARTS) is 2. The fourth-order valence-corrected chi connectivity index (χ4v) is 16.4. The Kier molecular flexibility index (Phi) is 21.0. The molecule has 1 saturated heterocycles. The normalized spacial score (nSPS) is 24.2. The molecule has 0 radical (unpaired) electrons. The molecule has 5 aromatic rings. The number of aliphatic carboxylic acids is 1. The molecule has 3 aromatic carbocycles. The number of benzene rings is 3. The van der Waals surface area contributed by atoms with E-state index in [9.17, 15) is 49.1 Å². The number of aromatic carboxylic acids is 1. The van der Waals surface area contributed by atoms with Gasteiger partial charge in [-0.3, -0.25) is 14.9 Å². The lowest BCUT2D eigenvalue weighted by Crippen LogP contribution is -2.65. The molecule has 2 aliphatic heterocycles. The molecule has 11 rings (SSSR count). The molecule has 492 valence electrons. The van der Waals surface area contributed by atoms with Gasteiger partial charge in [0.2, 0.25) is 12.2 Å². The first kappa shape index (κ1) is 67.3. The molecule has 10 N–H and O–H groups in total. The maximum absolute atomic E-state index is 14.1. The molecule has 5 unspecified atom stereocenters. The van der Waals surface area contributed by atoms with Crippen molar-refractivity contribution in [3.63, 3.8) is 0 Å². The molecule has 5 atom stereocenters. The molecule has 6 aliphatic rings. The molecular formula is C66H82N9O15PS. The highest BCUT2D eigenvalue weighted by Gasteiger charge is 2.66. The van der Waals surface area contributed by atoms with Crippen LogP contribution in [0.1, 0.15) is 128 Å². The second-order valence-electron chi connectivity index (χ2n) is 25.8. The molecule has 92 heavy (non-hydrogen) atoms. The van der Waals surface area contributed by atoms with Crippen molar-refractivity contribution in [2.24, 2.45) is 16.2 Å². The molecule has 5 fully saturated rings. The number of thiazole rings is 1. The number of aliphatic hydroxyl groups excluding tert-OH is 1. The molecule has 3 amide bonds. The number of anilines is 3. The lowest BCUT2D eigenvalue weighted by atomic mass is 9.39. The second kappa shape index (κ2) is 28.7. The third kappa shape index (κ3) is 16.1. The minimum Gasteiger partial charge on any atom is -0.493 e. The average molecular weight is 1300 g/mol. The SMILES string of the molecule is CNCCC(=O)Nc1cc(/C=C/COC(=O)N(C)CCOC23CC4(C)CC(C)(CC(CN/C(C)=C(\C=N)c5ccc(N6CCc7c(OCCCP(O)O)ccc(C(=O)Nc8nc9ccccc9s8)c7C6)nc5C(=O)O)(C4)C2)C3)ccc1OC1CC(O)CC(C(=O)O)O1.